The lowest BCUT2D eigenvalue weighted by molar-refractivity contribution is 0.275. The Morgan fingerprint density at radius 3 is 2.53 bits per heavy atom. The third-order valence-corrected chi connectivity index (χ3v) is 3.91. The Balaban J connectivity index is 2.21. The van der Waals surface area contributed by atoms with Gasteiger partial charge in [0.05, 0.1) is 0 Å². The highest BCUT2D eigenvalue weighted by molar-refractivity contribution is 4.88. The van der Waals surface area contributed by atoms with Crippen LogP contribution >= 0.6 is 0 Å². The van der Waals surface area contributed by atoms with Crippen molar-refractivity contribution in [2.45, 2.75) is 64.8 Å². The molecule has 0 bridgehead atoms. The summed E-state index contributed by atoms with van der Waals surface area (Å²) in [7, 11) is 0. The highest BCUT2D eigenvalue weighted by Gasteiger charge is 2.32. The largest absolute Gasteiger partial charge is 0.330 e. The van der Waals surface area contributed by atoms with Gasteiger partial charge in [-0.25, -0.2) is 0 Å². The van der Waals surface area contributed by atoms with Gasteiger partial charge in [0.25, 0.3) is 0 Å². The van der Waals surface area contributed by atoms with Crippen molar-refractivity contribution in [3.05, 3.63) is 0 Å². The van der Waals surface area contributed by atoms with Crippen LogP contribution in [0.3, 0.4) is 0 Å². The monoisotopic (exact) mass is 212 g/mol. The van der Waals surface area contributed by atoms with E-state index < -0.39 is 0 Å². The van der Waals surface area contributed by atoms with E-state index in [-0.39, 0.29) is 0 Å². The summed E-state index contributed by atoms with van der Waals surface area (Å²) in [5.41, 5.74) is 6.35. The first-order valence-electron chi connectivity index (χ1n) is 6.66. The van der Waals surface area contributed by atoms with E-state index in [0.29, 0.717) is 11.5 Å². The second-order valence-electron chi connectivity index (χ2n) is 5.34. The van der Waals surface area contributed by atoms with E-state index in [1.54, 1.807) is 0 Å². The summed E-state index contributed by atoms with van der Waals surface area (Å²) in [5, 5.41) is 3.67. The SMILES string of the molecule is CCCCC(C)NCC1(CN)CCCC1. The van der Waals surface area contributed by atoms with Gasteiger partial charge in [-0.15, -0.1) is 0 Å². The van der Waals surface area contributed by atoms with Crippen LogP contribution in [0.5, 0.6) is 0 Å². The molecule has 3 N–H and O–H groups in total. The predicted molar refractivity (Wildman–Crippen MR) is 66.9 cm³/mol. The summed E-state index contributed by atoms with van der Waals surface area (Å²) in [4.78, 5) is 0. The van der Waals surface area contributed by atoms with Crippen LogP contribution < -0.4 is 11.1 Å². The van der Waals surface area contributed by atoms with Gasteiger partial charge in [-0.3, -0.25) is 0 Å². The molecule has 1 rings (SSSR count). The first kappa shape index (κ1) is 13.0. The Bertz CT molecular complexity index is 162. The summed E-state index contributed by atoms with van der Waals surface area (Å²) in [6, 6.07) is 0.661. The molecule has 1 saturated carbocycles. The number of nitrogens with two attached hydrogens (primary N) is 1. The fraction of sp³-hybridized carbons (Fsp3) is 1.00. The van der Waals surface area contributed by atoms with Gasteiger partial charge < -0.3 is 11.1 Å². The normalized spacial score (nSPS) is 21.8. The number of rotatable bonds is 7. The Morgan fingerprint density at radius 1 is 1.33 bits per heavy atom. The zero-order valence-electron chi connectivity index (χ0n) is 10.5. The van der Waals surface area contributed by atoms with Crippen molar-refractivity contribution >= 4 is 0 Å². The van der Waals surface area contributed by atoms with E-state index in [4.69, 9.17) is 5.73 Å². The minimum Gasteiger partial charge on any atom is -0.330 e. The highest BCUT2D eigenvalue weighted by atomic mass is 14.9. The maximum absolute atomic E-state index is 5.92. The van der Waals surface area contributed by atoms with Crippen LogP contribution in [0, 0.1) is 5.41 Å². The van der Waals surface area contributed by atoms with Crippen molar-refractivity contribution in [1.82, 2.24) is 5.32 Å². The van der Waals surface area contributed by atoms with Gasteiger partial charge >= 0.3 is 0 Å². The average molecular weight is 212 g/mol. The van der Waals surface area contributed by atoms with Crippen LogP contribution in [0.2, 0.25) is 0 Å². The summed E-state index contributed by atoms with van der Waals surface area (Å²) in [6.07, 6.45) is 9.35. The Labute approximate surface area is 95.0 Å². The fourth-order valence-corrected chi connectivity index (χ4v) is 2.58. The first-order chi connectivity index (χ1) is 7.22. The zero-order chi connectivity index (χ0) is 11.1. The number of hydrogen-bond acceptors (Lipinski definition) is 2. The van der Waals surface area contributed by atoms with E-state index in [2.05, 4.69) is 19.2 Å². The van der Waals surface area contributed by atoms with Gasteiger partial charge in [0, 0.05) is 12.6 Å². The number of nitrogens with one attached hydrogen (secondary N) is 1. The van der Waals surface area contributed by atoms with Crippen molar-refractivity contribution in [2.24, 2.45) is 11.1 Å². The molecule has 1 aliphatic carbocycles. The van der Waals surface area contributed by atoms with Gasteiger partial charge in [-0.1, -0.05) is 32.6 Å². The van der Waals surface area contributed by atoms with Gasteiger partial charge in [0.15, 0.2) is 0 Å². The molecule has 0 spiro atoms. The number of hydrogen-bond donors (Lipinski definition) is 2. The van der Waals surface area contributed by atoms with Gasteiger partial charge in [-0.2, -0.15) is 0 Å². The standard InChI is InChI=1S/C13H28N2/c1-3-4-7-12(2)15-11-13(10-14)8-5-6-9-13/h12,15H,3-11,14H2,1-2H3. The van der Waals surface area contributed by atoms with Gasteiger partial charge in [0.2, 0.25) is 0 Å². The van der Waals surface area contributed by atoms with Crippen molar-refractivity contribution < 1.29 is 0 Å². The molecular formula is C13H28N2. The average Bonchev–Trinajstić information content (AvgIpc) is 2.73. The van der Waals surface area contributed by atoms with E-state index in [9.17, 15) is 0 Å². The van der Waals surface area contributed by atoms with Crippen LogP contribution in [0.4, 0.5) is 0 Å². The highest BCUT2D eigenvalue weighted by Crippen LogP contribution is 2.36. The Kier molecular flexibility index (Phi) is 5.62. The number of unbranched alkanes of at least 4 members (excludes halogenated alkanes) is 1. The summed E-state index contributed by atoms with van der Waals surface area (Å²) in [6.45, 7) is 6.55. The van der Waals surface area contributed by atoms with Crippen molar-refractivity contribution in [2.75, 3.05) is 13.1 Å². The Morgan fingerprint density at radius 2 is 2.00 bits per heavy atom. The molecule has 1 aliphatic rings. The maximum Gasteiger partial charge on any atom is 0.00389 e. The lowest BCUT2D eigenvalue weighted by atomic mass is 9.86. The molecule has 1 atom stereocenters. The predicted octanol–water partition coefficient (Wildman–Crippen LogP) is 2.67. The van der Waals surface area contributed by atoms with E-state index in [1.165, 1.54) is 44.9 Å². The third-order valence-electron chi connectivity index (χ3n) is 3.91. The molecule has 0 amide bonds. The molecule has 0 aromatic carbocycles. The molecule has 1 fully saturated rings. The molecular weight excluding hydrogens is 184 g/mol. The first-order valence-corrected chi connectivity index (χ1v) is 6.66. The molecule has 2 nitrogen and oxygen atoms in total. The van der Waals surface area contributed by atoms with Crippen LogP contribution in [-0.2, 0) is 0 Å². The topological polar surface area (TPSA) is 38.0 Å². The van der Waals surface area contributed by atoms with Crippen LogP contribution in [0.25, 0.3) is 0 Å². The minimum atomic E-state index is 0.431. The summed E-state index contributed by atoms with van der Waals surface area (Å²) < 4.78 is 0. The minimum absolute atomic E-state index is 0.431. The molecule has 15 heavy (non-hydrogen) atoms. The zero-order valence-corrected chi connectivity index (χ0v) is 10.5. The van der Waals surface area contributed by atoms with Crippen LogP contribution in [-0.4, -0.2) is 19.1 Å². The summed E-state index contributed by atoms with van der Waals surface area (Å²) >= 11 is 0. The van der Waals surface area contributed by atoms with E-state index in [1.807, 2.05) is 0 Å². The third kappa shape index (κ3) is 4.12. The second-order valence-corrected chi connectivity index (χ2v) is 5.34. The molecule has 1 unspecified atom stereocenters. The molecule has 0 heterocycles. The summed E-state index contributed by atoms with van der Waals surface area (Å²) in [5.74, 6) is 0. The smallest absolute Gasteiger partial charge is 0.00389 e. The maximum atomic E-state index is 5.92. The lowest BCUT2D eigenvalue weighted by Crippen LogP contribution is -2.41. The van der Waals surface area contributed by atoms with Gasteiger partial charge in [-0.05, 0) is 38.1 Å². The fourth-order valence-electron chi connectivity index (χ4n) is 2.58. The van der Waals surface area contributed by atoms with Gasteiger partial charge in [0.1, 0.15) is 0 Å². The molecule has 0 aromatic rings. The van der Waals surface area contributed by atoms with E-state index >= 15 is 0 Å². The van der Waals surface area contributed by atoms with E-state index in [0.717, 1.165) is 13.1 Å². The van der Waals surface area contributed by atoms with Crippen molar-refractivity contribution in [1.29, 1.82) is 0 Å². The quantitative estimate of drug-likeness (QED) is 0.681. The molecule has 0 saturated heterocycles. The van der Waals surface area contributed by atoms with Crippen molar-refractivity contribution in [3.8, 4) is 0 Å². The second kappa shape index (κ2) is 6.49. The molecule has 0 aromatic heterocycles. The van der Waals surface area contributed by atoms with Crippen molar-refractivity contribution in [3.63, 3.8) is 0 Å². The molecule has 0 radical (unpaired) electrons. The molecule has 0 aliphatic heterocycles. The van der Waals surface area contributed by atoms with Crippen LogP contribution in [0.15, 0.2) is 0 Å². The molecule has 90 valence electrons. The lowest BCUT2D eigenvalue weighted by Gasteiger charge is -2.29. The Hall–Kier alpha value is -0.0800. The molecule has 2 heteroatoms. The van der Waals surface area contributed by atoms with Crippen LogP contribution in [0.1, 0.15) is 58.8 Å².